The zero-order chi connectivity index (χ0) is 23.7. The largest absolute Gasteiger partial charge is 0.417 e. The zero-order valence-corrected chi connectivity index (χ0v) is 19.4. The summed E-state index contributed by atoms with van der Waals surface area (Å²) in [6, 6.07) is 7.30. The maximum atomic E-state index is 13.0. The zero-order valence-electron chi connectivity index (χ0n) is 16.3. The van der Waals surface area contributed by atoms with Gasteiger partial charge in [-0.15, -0.1) is 0 Å². The summed E-state index contributed by atoms with van der Waals surface area (Å²) in [5.74, 6) is -0.496. The quantitative estimate of drug-likeness (QED) is 0.623. The number of hydrogen-bond donors (Lipinski definition) is 2. The number of quaternary nitrogens is 1. The Kier molecular flexibility index (Phi) is 7.63. The first-order valence-electron chi connectivity index (χ1n) is 9.33. The first-order chi connectivity index (χ1) is 14.9. The van der Waals surface area contributed by atoms with Crippen LogP contribution in [-0.2, 0) is 21.0 Å². The number of hydrogen-bond acceptors (Lipinski definition) is 3. The van der Waals surface area contributed by atoms with Crippen LogP contribution in [0.25, 0.3) is 0 Å². The highest BCUT2D eigenvalue weighted by molar-refractivity contribution is 7.89. The molecule has 3 rings (SSSR count). The van der Waals surface area contributed by atoms with Gasteiger partial charge in [-0.3, -0.25) is 4.79 Å². The lowest BCUT2D eigenvalue weighted by Gasteiger charge is -2.31. The van der Waals surface area contributed by atoms with Gasteiger partial charge in [-0.1, -0.05) is 34.8 Å². The number of sulfonamides is 1. The molecule has 0 atom stereocenters. The van der Waals surface area contributed by atoms with Crippen molar-refractivity contribution in [1.29, 1.82) is 0 Å². The van der Waals surface area contributed by atoms with Gasteiger partial charge in [0.15, 0.2) is 6.54 Å². The van der Waals surface area contributed by atoms with Crippen molar-refractivity contribution < 1.29 is 31.3 Å². The second kappa shape index (κ2) is 9.74. The predicted octanol–water partition coefficient (Wildman–Crippen LogP) is 3.19. The third-order valence-electron chi connectivity index (χ3n) is 4.91. The number of nitrogens with zero attached hydrogens (tertiary/aromatic N) is 1. The number of benzene rings is 2. The fourth-order valence-electron chi connectivity index (χ4n) is 3.29. The van der Waals surface area contributed by atoms with Gasteiger partial charge in [-0.05, 0) is 36.4 Å². The van der Waals surface area contributed by atoms with Crippen molar-refractivity contribution in [1.82, 2.24) is 4.31 Å². The molecule has 0 bridgehead atoms. The molecule has 1 amide bonds. The van der Waals surface area contributed by atoms with Gasteiger partial charge in [-0.25, -0.2) is 8.42 Å². The van der Waals surface area contributed by atoms with Gasteiger partial charge in [-0.2, -0.15) is 17.5 Å². The molecular weight excluding hydrogens is 514 g/mol. The van der Waals surface area contributed by atoms with Crippen LogP contribution in [0.2, 0.25) is 15.1 Å². The van der Waals surface area contributed by atoms with E-state index in [4.69, 9.17) is 34.8 Å². The molecule has 1 aliphatic rings. The Bertz CT molecular complexity index is 1120. The normalized spacial score (nSPS) is 16.2. The van der Waals surface area contributed by atoms with Gasteiger partial charge in [0.05, 0.1) is 41.8 Å². The van der Waals surface area contributed by atoms with Crippen molar-refractivity contribution in [2.24, 2.45) is 0 Å². The minimum absolute atomic E-state index is 0.0251. The number of nitrogens with one attached hydrogen (secondary N) is 2. The van der Waals surface area contributed by atoms with Gasteiger partial charge in [0.2, 0.25) is 10.0 Å². The van der Waals surface area contributed by atoms with Gasteiger partial charge in [0.25, 0.3) is 5.91 Å². The average molecular weight is 532 g/mol. The van der Waals surface area contributed by atoms with Gasteiger partial charge in [0, 0.05) is 10.7 Å². The third-order valence-corrected chi connectivity index (χ3v) is 7.85. The van der Waals surface area contributed by atoms with Crippen molar-refractivity contribution in [2.45, 2.75) is 11.1 Å². The summed E-state index contributed by atoms with van der Waals surface area (Å²) in [5.41, 5.74) is -1.06. The fourth-order valence-corrected chi connectivity index (χ4v) is 5.69. The van der Waals surface area contributed by atoms with E-state index < -0.39 is 32.7 Å². The summed E-state index contributed by atoms with van der Waals surface area (Å²) in [6.45, 7) is 0.925. The highest BCUT2D eigenvalue weighted by Crippen LogP contribution is 2.36. The highest BCUT2D eigenvalue weighted by Gasteiger charge is 2.34. The number of carbonyl (C=O) groups is 1. The number of amides is 1. The molecule has 1 aliphatic heterocycles. The van der Waals surface area contributed by atoms with E-state index in [1.54, 1.807) is 0 Å². The molecule has 2 aromatic carbocycles. The summed E-state index contributed by atoms with van der Waals surface area (Å²) in [5, 5.41) is 2.27. The summed E-state index contributed by atoms with van der Waals surface area (Å²) < 4.78 is 65.9. The standard InChI is InChI=1S/C19H17Cl3F3N3O3S/c20-12-1-3-16(22)17(9-12)32(30,31)28-7-5-27(6-8-28)11-18(29)26-13-2-4-15(21)14(10-13)19(23,24)25/h1-4,9-10H,5-8,11H2,(H,26,29)/p+1. The maximum absolute atomic E-state index is 13.0. The van der Waals surface area contributed by atoms with Crippen LogP contribution in [0.15, 0.2) is 41.3 Å². The van der Waals surface area contributed by atoms with Crippen LogP contribution in [0.4, 0.5) is 18.9 Å². The molecule has 6 nitrogen and oxygen atoms in total. The van der Waals surface area contributed by atoms with Crippen LogP contribution in [0, 0.1) is 0 Å². The molecular formula is C19H18Cl3F3N3O3S+. The Hall–Kier alpha value is -1.56. The summed E-state index contributed by atoms with van der Waals surface area (Å²) in [7, 11) is -3.85. The minimum Gasteiger partial charge on any atom is -0.325 e. The maximum Gasteiger partial charge on any atom is 0.417 e. The lowest BCUT2D eigenvalue weighted by Crippen LogP contribution is -3.15. The summed E-state index contributed by atoms with van der Waals surface area (Å²) >= 11 is 17.5. The Morgan fingerprint density at radius 1 is 1.03 bits per heavy atom. The van der Waals surface area contributed by atoms with E-state index in [9.17, 15) is 26.4 Å². The lowest BCUT2D eigenvalue weighted by molar-refractivity contribution is -0.895. The molecule has 0 unspecified atom stereocenters. The minimum atomic E-state index is -4.64. The molecule has 174 valence electrons. The van der Waals surface area contributed by atoms with Crippen molar-refractivity contribution in [2.75, 3.05) is 38.0 Å². The smallest absolute Gasteiger partial charge is 0.325 e. The lowest BCUT2D eigenvalue weighted by atomic mass is 10.2. The average Bonchev–Trinajstić information content (AvgIpc) is 2.70. The Labute approximate surface area is 197 Å². The Balaban J connectivity index is 1.59. The topological polar surface area (TPSA) is 70.9 Å². The van der Waals surface area contributed by atoms with Crippen LogP contribution in [0.5, 0.6) is 0 Å². The monoisotopic (exact) mass is 530 g/mol. The SMILES string of the molecule is O=C(C[NH+]1CCN(S(=O)(=O)c2cc(Cl)ccc2Cl)CC1)Nc1ccc(Cl)c(C(F)(F)F)c1. The van der Waals surface area contributed by atoms with Gasteiger partial charge >= 0.3 is 6.18 Å². The molecule has 32 heavy (non-hydrogen) atoms. The first-order valence-corrected chi connectivity index (χ1v) is 11.9. The molecule has 1 saturated heterocycles. The second-order valence-electron chi connectivity index (χ2n) is 7.15. The summed E-state index contributed by atoms with van der Waals surface area (Å²) in [6.07, 6.45) is -4.64. The van der Waals surface area contributed by atoms with Crippen LogP contribution >= 0.6 is 34.8 Å². The van der Waals surface area contributed by atoms with E-state index in [1.807, 2.05) is 0 Å². The number of piperazine rings is 1. The van der Waals surface area contributed by atoms with E-state index >= 15 is 0 Å². The molecule has 0 aliphatic carbocycles. The third kappa shape index (κ3) is 5.86. The molecule has 1 fully saturated rings. The molecule has 2 N–H and O–H groups in total. The van der Waals surface area contributed by atoms with E-state index in [0.717, 1.165) is 17.0 Å². The molecule has 13 heteroatoms. The Morgan fingerprint density at radius 3 is 2.28 bits per heavy atom. The van der Waals surface area contributed by atoms with Gasteiger partial charge < -0.3 is 10.2 Å². The molecule has 1 heterocycles. The molecule has 0 saturated carbocycles. The molecule has 0 aromatic heterocycles. The van der Waals surface area contributed by atoms with E-state index in [2.05, 4.69) is 5.32 Å². The molecule has 0 spiro atoms. The van der Waals surface area contributed by atoms with E-state index in [0.29, 0.717) is 13.1 Å². The highest BCUT2D eigenvalue weighted by atomic mass is 35.5. The molecule has 2 aromatic rings. The second-order valence-corrected chi connectivity index (χ2v) is 10.3. The van der Waals surface area contributed by atoms with Crippen molar-refractivity contribution >= 4 is 56.4 Å². The number of halogens is 6. The van der Waals surface area contributed by atoms with Crippen LogP contribution < -0.4 is 10.2 Å². The molecule has 0 radical (unpaired) electrons. The van der Waals surface area contributed by atoms with Crippen molar-refractivity contribution in [3.8, 4) is 0 Å². The number of rotatable bonds is 5. The summed E-state index contributed by atoms with van der Waals surface area (Å²) in [4.78, 5) is 13.0. The van der Waals surface area contributed by atoms with E-state index in [-0.39, 0.29) is 40.3 Å². The number of alkyl halides is 3. The Morgan fingerprint density at radius 2 is 1.66 bits per heavy atom. The van der Waals surface area contributed by atoms with Crippen LogP contribution in [-0.4, -0.2) is 51.4 Å². The van der Waals surface area contributed by atoms with E-state index in [1.165, 1.54) is 28.6 Å². The van der Waals surface area contributed by atoms with Crippen LogP contribution in [0.1, 0.15) is 5.56 Å². The number of anilines is 1. The van der Waals surface area contributed by atoms with Crippen molar-refractivity contribution in [3.05, 3.63) is 57.0 Å². The fraction of sp³-hybridized carbons (Fsp3) is 0.316. The van der Waals surface area contributed by atoms with Crippen molar-refractivity contribution in [3.63, 3.8) is 0 Å². The van der Waals surface area contributed by atoms with Crippen LogP contribution in [0.3, 0.4) is 0 Å². The number of carbonyl (C=O) groups excluding carboxylic acids is 1. The van der Waals surface area contributed by atoms with Gasteiger partial charge in [0.1, 0.15) is 4.90 Å². The predicted molar refractivity (Wildman–Crippen MR) is 116 cm³/mol. The first kappa shape index (κ1) is 25.1.